The summed E-state index contributed by atoms with van der Waals surface area (Å²) in [5, 5.41) is 6.13. The molecule has 27 heavy (non-hydrogen) atoms. The van der Waals surface area contributed by atoms with Gasteiger partial charge < -0.3 is 15.5 Å². The fourth-order valence-electron chi connectivity index (χ4n) is 2.63. The van der Waals surface area contributed by atoms with Crippen molar-refractivity contribution in [3.63, 3.8) is 0 Å². The third-order valence-electron chi connectivity index (χ3n) is 4.19. The van der Waals surface area contributed by atoms with Crippen LogP contribution in [0.1, 0.15) is 11.1 Å². The van der Waals surface area contributed by atoms with Crippen LogP contribution in [0.3, 0.4) is 0 Å². The number of aromatic nitrogens is 1. The molecule has 138 valence electrons. The molecule has 0 saturated heterocycles. The molecular formula is C22H24N4O. The Hall–Kier alpha value is -3.34. The van der Waals surface area contributed by atoms with Crippen LogP contribution in [0.25, 0.3) is 0 Å². The summed E-state index contributed by atoms with van der Waals surface area (Å²) in [6.45, 7) is 2.03. The molecule has 0 atom stereocenters. The zero-order valence-corrected chi connectivity index (χ0v) is 15.9. The Bertz CT molecular complexity index is 885. The van der Waals surface area contributed by atoms with Gasteiger partial charge in [-0.3, -0.25) is 4.79 Å². The van der Waals surface area contributed by atoms with Crippen LogP contribution in [0.15, 0.2) is 66.9 Å². The quantitative estimate of drug-likeness (QED) is 0.685. The molecule has 0 aliphatic rings. The zero-order chi connectivity index (χ0) is 19.2. The van der Waals surface area contributed by atoms with Crippen LogP contribution in [-0.4, -0.2) is 25.0 Å². The van der Waals surface area contributed by atoms with Crippen LogP contribution in [0.4, 0.5) is 22.9 Å². The lowest BCUT2D eigenvalue weighted by molar-refractivity contribution is -0.115. The topological polar surface area (TPSA) is 57.3 Å². The highest BCUT2D eigenvalue weighted by Crippen LogP contribution is 2.20. The third-order valence-corrected chi connectivity index (χ3v) is 4.19. The summed E-state index contributed by atoms with van der Waals surface area (Å²) in [5.41, 5.74) is 4.96. The number of nitrogens with zero attached hydrogens (tertiary/aromatic N) is 2. The summed E-state index contributed by atoms with van der Waals surface area (Å²) in [6.07, 6.45) is 2.00. The van der Waals surface area contributed by atoms with E-state index in [9.17, 15) is 4.79 Å². The fraction of sp³-hybridized carbons (Fsp3) is 0.182. The lowest BCUT2D eigenvalue weighted by Crippen LogP contribution is -2.14. The monoisotopic (exact) mass is 360 g/mol. The molecule has 0 radical (unpaired) electrons. The normalized spacial score (nSPS) is 10.3. The number of carbonyl (C=O) groups excluding carboxylic acids is 1. The Kier molecular flexibility index (Phi) is 5.71. The van der Waals surface area contributed by atoms with Gasteiger partial charge in [0.2, 0.25) is 5.91 Å². The van der Waals surface area contributed by atoms with E-state index < -0.39 is 0 Å². The van der Waals surface area contributed by atoms with Crippen molar-refractivity contribution in [1.82, 2.24) is 4.98 Å². The van der Waals surface area contributed by atoms with Crippen molar-refractivity contribution in [3.8, 4) is 0 Å². The molecule has 0 saturated carbocycles. The van der Waals surface area contributed by atoms with E-state index in [1.807, 2.05) is 81.7 Å². The lowest BCUT2D eigenvalue weighted by Gasteiger charge is -2.13. The highest BCUT2D eigenvalue weighted by molar-refractivity contribution is 5.92. The SMILES string of the molecule is Cc1ccc(CC(=O)Nc2ccc(Nc3ccc(N(C)C)cc3)nc2)cc1. The van der Waals surface area contributed by atoms with Crippen LogP contribution >= 0.6 is 0 Å². The van der Waals surface area contributed by atoms with Gasteiger partial charge in [-0.05, 0) is 48.9 Å². The molecule has 3 aromatic rings. The number of anilines is 4. The van der Waals surface area contributed by atoms with E-state index in [0.29, 0.717) is 12.1 Å². The van der Waals surface area contributed by atoms with E-state index >= 15 is 0 Å². The maximum absolute atomic E-state index is 12.2. The summed E-state index contributed by atoms with van der Waals surface area (Å²) in [6, 6.07) is 19.8. The number of rotatable bonds is 6. The highest BCUT2D eigenvalue weighted by Gasteiger charge is 2.05. The molecule has 0 aliphatic heterocycles. The molecule has 1 aromatic heterocycles. The molecule has 1 heterocycles. The van der Waals surface area contributed by atoms with Crippen molar-refractivity contribution in [2.45, 2.75) is 13.3 Å². The first-order chi connectivity index (χ1) is 13.0. The molecule has 5 nitrogen and oxygen atoms in total. The first-order valence-electron chi connectivity index (χ1n) is 8.85. The molecular weight excluding hydrogens is 336 g/mol. The number of pyridine rings is 1. The Morgan fingerprint density at radius 2 is 1.59 bits per heavy atom. The highest BCUT2D eigenvalue weighted by atomic mass is 16.1. The summed E-state index contributed by atoms with van der Waals surface area (Å²) < 4.78 is 0. The Balaban J connectivity index is 1.56. The van der Waals surface area contributed by atoms with Crippen LogP contribution in [0.5, 0.6) is 0 Å². The minimum atomic E-state index is -0.0550. The van der Waals surface area contributed by atoms with Gasteiger partial charge in [-0.2, -0.15) is 0 Å². The number of carbonyl (C=O) groups is 1. The van der Waals surface area contributed by atoms with Crippen molar-refractivity contribution >= 4 is 28.8 Å². The van der Waals surface area contributed by atoms with Crippen molar-refractivity contribution in [1.29, 1.82) is 0 Å². The van der Waals surface area contributed by atoms with Gasteiger partial charge in [0.05, 0.1) is 18.3 Å². The van der Waals surface area contributed by atoms with Crippen LogP contribution < -0.4 is 15.5 Å². The van der Waals surface area contributed by atoms with Gasteiger partial charge in [0, 0.05) is 25.5 Å². The third kappa shape index (κ3) is 5.31. The van der Waals surface area contributed by atoms with Crippen LogP contribution in [0, 0.1) is 6.92 Å². The van der Waals surface area contributed by atoms with Crippen LogP contribution in [0.2, 0.25) is 0 Å². The van der Waals surface area contributed by atoms with Gasteiger partial charge in [-0.25, -0.2) is 4.98 Å². The summed E-state index contributed by atoms with van der Waals surface area (Å²) in [4.78, 5) is 18.6. The number of amides is 1. The molecule has 0 bridgehead atoms. The van der Waals surface area contributed by atoms with Gasteiger partial charge in [0.1, 0.15) is 5.82 Å². The predicted molar refractivity (Wildman–Crippen MR) is 112 cm³/mol. The Morgan fingerprint density at radius 3 is 2.19 bits per heavy atom. The molecule has 3 rings (SSSR count). The van der Waals surface area contributed by atoms with Crippen molar-refractivity contribution < 1.29 is 4.79 Å². The average Bonchev–Trinajstić information content (AvgIpc) is 2.66. The Morgan fingerprint density at radius 1 is 0.926 bits per heavy atom. The molecule has 2 N–H and O–H groups in total. The minimum Gasteiger partial charge on any atom is -0.378 e. The Labute approximate surface area is 160 Å². The zero-order valence-electron chi connectivity index (χ0n) is 15.9. The minimum absolute atomic E-state index is 0.0550. The standard InChI is InChI=1S/C22H24N4O/c1-16-4-6-17(7-5-16)14-22(27)25-19-10-13-21(23-15-19)24-18-8-11-20(12-9-18)26(2)3/h4-13,15H,14H2,1-3H3,(H,23,24)(H,25,27). The van der Waals surface area contributed by atoms with Crippen molar-refractivity contribution in [2.75, 3.05) is 29.6 Å². The van der Waals surface area contributed by atoms with E-state index in [1.165, 1.54) is 5.56 Å². The van der Waals surface area contributed by atoms with Gasteiger partial charge in [-0.15, -0.1) is 0 Å². The molecule has 0 fully saturated rings. The predicted octanol–water partition coefficient (Wildman–Crippen LogP) is 4.38. The average molecular weight is 360 g/mol. The summed E-state index contributed by atoms with van der Waals surface area (Å²) in [5.74, 6) is 0.671. The number of hydrogen-bond acceptors (Lipinski definition) is 4. The fourth-order valence-corrected chi connectivity index (χ4v) is 2.63. The first kappa shape index (κ1) is 18.5. The van der Waals surface area contributed by atoms with E-state index in [4.69, 9.17) is 0 Å². The second-order valence-corrected chi connectivity index (χ2v) is 6.71. The van der Waals surface area contributed by atoms with E-state index in [0.717, 1.165) is 22.8 Å². The maximum atomic E-state index is 12.2. The molecule has 0 aliphatic carbocycles. The summed E-state index contributed by atoms with van der Waals surface area (Å²) >= 11 is 0. The second kappa shape index (κ2) is 8.36. The second-order valence-electron chi connectivity index (χ2n) is 6.71. The van der Waals surface area contributed by atoms with Crippen molar-refractivity contribution in [2.24, 2.45) is 0 Å². The van der Waals surface area contributed by atoms with Gasteiger partial charge in [0.25, 0.3) is 0 Å². The van der Waals surface area contributed by atoms with Gasteiger partial charge in [-0.1, -0.05) is 29.8 Å². The van der Waals surface area contributed by atoms with E-state index in [-0.39, 0.29) is 5.91 Å². The molecule has 2 aromatic carbocycles. The van der Waals surface area contributed by atoms with E-state index in [1.54, 1.807) is 6.20 Å². The first-order valence-corrected chi connectivity index (χ1v) is 8.85. The number of hydrogen-bond donors (Lipinski definition) is 2. The van der Waals surface area contributed by atoms with Gasteiger partial charge in [0.15, 0.2) is 0 Å². The number of benzene rings is 2. The van der Waals surface area contributed by atoms with Crippen LogP contribution in [-0.2, 0) is 11.2 Å². The smallest absolute Gasteiger partial charge is 0.228 e. The molecule has 5 heteroatoms. The molecule has 0 spiro atoms. The number of aryl methyl sites for hydroxylation is 1. The largest absolute Gasteiger partial charge is 0.378 e. The summed E-state index contributed by atoms with van der Waals surface area (Å²) in [7, 11) is 4.02. The lowest BCUT2D eigenvalue weighted by atomic mass is 10.1. The number of nitrogens with one attached hydrogen (secondary N) is 2. The maximum Gasteiger partial charge on any atom is 0.228 e. The van der Waals surface area contributed by atoms with Gasteiger partial charge >= 0.3 is 0 Å². The molecule has 0 unspecified atom stereocenters. The molecule has 1 amide bonds. The van der Waals surface area contributed by atoms with E-state index in [2.05, 4.69) is 20.5 Å². The van der Waals surface area contributed by atoms with Crippen molar-refractivity contribution in [3.05, 3.63) is 78.0 Å².